The van der Waals surface area contributed by atoms with Crippen molar-refractivity contribution in [2.45, 2.75) is 36.9 Å². The van der Waals surface area contributed by atoms with Gasteiger partial charge in [-0.05, 0) is 30.5 Å². The van der Waals surface area contributed by atoms with E-state index in [0.717, 1.165) is 24.8 Å². The summed E-state index contributed by atoms with van der Waals surface area (Å²) in [4.78, 5) is 14.4. The van der Waals surface area contributed by atoms with Gasteiger partial charge in [-0.25, -0.2) is 0 Å². The minimum atomic E-state index is -0.838. The quantitative estimate of drug-likeness (QED) is 0.865. The molecule has 5 heteroatoms. The lowest BCUT2D eigenvalue weighted by Crippen LogP contribution is -2.50. The van der Waals surface area contributed by atoms with Crippen molar-refractivity contribution in [1.29, 1.82) is 0 Å². The Balaban J connectivity index is 1.88. The number of halogens is 1. The molecule has 1 aliphatic carbocycles. The monoisotopic (exact) mass is 295 g/mol. The van der Waals surface area contributed by atoms with Crippen LogP contribution in [-0.4, -0.2) is 46.3 Å². The lowest BCUT2D eigenvalue weighted by Gasteiger charge is -2.43. The van der Waals surface area contributed by atoms with Gasteiger partial charge in [0, 0.05) is 18.1 Å². The number of carbonyl (C=O) groups excluding carboxylic acids is 1. The molecule has 4 nitrogen and oxygen atoms in total. The van der Waals surface area contributed by atoms with Gasteiger partial charge in [0.25, 0.3) is 0 Å². The molecule has 20 heavy (non-hydrogen) atoms. The van der Waals surface area contributed by atoms with E-state index in [0.29, 0.717) is 5.02 Å². The van der Waals surface area contributed by atoms with E-state index in [1.165, 1.54) is 0 Å². The molecule has 2 atom stereocenters. The first kappa shape index (κ1) is 13.9. The first-order valence-electron chi connectivity index (χ1n) is 6.94. The van der Waals surface area contributed by atoms with Crippen LogP contribution < -0.4 is 0 Å². The molecule has 2 fully saturated rings. The van der Waals surface area contributed by atoms with Crippen molar-refractivity contribution in [1.82, 2.24) is 4.90 Å². The van der Waals surface area contributed by atoms with Crippen molar-refractivity contribution in [3.05, 3.63) is 34.9 Å². The highest BCUT2D eigenvalue weighted by atomic mass is 35.5. The summed E-state index contributed by atoms with van der Waals surface area (Å²) in [5.74, 6) is 0.00150. The fraction of sp³-hybridized carbons (Fsp3) is 0.533. The molecule has 1 aromatic rings. The van der Waals surface area contributed by atoms with E-state index >= 15 is 0 Å². The van der Waals surface area contributed by atoms with Gasteiger partial charge in [0.1, 0.15) is 0 Å². The average molecular weight is 296 g/mol. The van der Waals surface area contributed by atoms with Crippen LogP contribution in [0.5, 0.6) is 0 Å². The van der Waals surface area contributed by atoms with Crippen LogP contribution >= 0.6 is 11.6 Å². The van der Waals surface area contributed by atoms with E-state index in [2.05, 4.69) is 0 Å². The highest BCUT2D eigenvalue weighted by molar-refractivity contribution is 6.30. The Morgan fingerprint density at radius 1 is 1.25 bits per heavy atom. The summed E-state index contributed by atoms with van der Waals surface area (Å²) in [6.07, 6.45) is 0.937. The number of likely N-dealkylation sites (tertiary alicyclic amines) is 1. The Hall–Kier alpha value is -1.10. The topological polar surface area (TPSA) is 60.8 Å². The number of benzene rings is 1. The van der Waals surface area contributed by atoms with Crippen molar-refractivity contribution in [2.75, 3.05) is 13.1 Å². The lowest BCUT2D eigenvalue weighted by atomic mass is 9.63. The predicted molar refractivity (Wildman–Crippen MR) is 75.6 cm³/mol. The van der Waals surface area contributed by atoms with Crippen molar-refractivity contribution in [3.8, 4) is 0 Å². The van der Waals surface area contributed by atoms with Crippen molar-refractivity contribution in [2.24, 2.45) is 0 Å². The largest absolute Gasteiger partial charge is 0.388 e. The van der Waals surface area contributed by atoms with Gasteiger partial charge in [-0.1, -0.05) is 30.2 Å². The number of hydrogen-bond acceptors (Lipinski definition) is 3. The van der Waals surface area contributed by atoms with E-state index in [4.69, 9.17) is 11.6 Å². The van der Waals surface area contributed by atoms with E-state index in [1.54, 1.807) is 11.0 Å². The van der Waals surface area contributed by atoms with Crippen molar-refractivity contribution < 1.29 is 15.0 Å². The normalized spacial score (nSPS) is 28.2. The Bertz CT molecular complexity index is 520. The standard InChI is InChI=1S/C15H18ClNO3/c16-11-4-1-3-10(7-11)15(5-2-6-15)14(20)17-8-12(18)13(19)9-17/h1,3-4,7,12-13,18-19H,2,5-6,8-9H2. The van der Waals surface area contributed by atoms with E-state index in [-0.39, 0.29) is 19.0 Å². The number of hydrogen-bond donors (Lipinski definition) is 2. The van der Waals surface area contributed by atoms with Crippen LogP contribution in [0.4, 0.5) is 0 Å². The van der Waals surface area contributed by atoms with Crippen LogP contribution in [0.1, 0.15) is 24.8 Å². The second-order valence-corrected chi connectivity index (χ2v) is 6.23. The van der Waals surface area contributed by atoms with Gasteiger partial charge in [0.05, 0.1) is 17.6 Å². The lowest BCUT2D eigenvalue weighted by molar-refractivity contribution is -0.140. The van der Waals surface area contributed by atoms with Crippen LogP contribution in [0.15, 0.2) is 24.3 Å². The molecule has 2 unspecified atom stereocenters. The number of carbonyl (C=O) groups is 1. The molecule has 1 aromatic carbocycles. The molecule has 3 rings (SSSR count). The van der Waals surface area contributed by atoms with Crippen molar-refractivity contribution in [3.63, 3.8) is 0 Å². The zero-order valence-corrected chi connectivity index (χ0v) is 11.9. The molecule has 1 saturated heterocycles. The van der Waals surface area contributed by atoms with Gasteiger partial charge < -0.3 is 15.1 Å². The van der Waals surface area contributed by atoms with Crippen LogP contribution in [-0.2, 0) is 10.2 Å². The van der Waals surface area contributed by atoms with Crippen molar-refractivity contribution >= 4 is 17.5 Å². The van der Waals surface area contributed by atoms with Gasteiger partial charge in [-0.15, -0.1) is 0 Å². The fourth-order valence-electron chi connectivity index (χ4n) is 3.18. The summed E-state index contributed by atoms with van der Waals surface area (Å²) >= 11 is 6.04. The fourth-order valence-corrected chi connectivity index (χ4v) is 3.37. The van der Waals surface area contributed by atoms with Gasteiger partial charge in [-0.2, -0.15) is 0 Å². The number of rotatable bonds is 2. The highest BCUT2D eigenvalue weighted by Gasteiger charge is 2.49. The van der Waals surface area contributed by atoms with Gasteiger partial charge in [0.2, 0.25) is 5.91 Å². The Morgan fingerprint density at radius 2 is 1.90 bits per heavy atom. The number of aliphatic hydroxyl groups is 2. The maximum atomic E-state index is 12.8. The second-order valence-electron chi connectivity index (χ2n) is 5.79. The number of aliphatic hydroxyl groups excluding tert-OH is 2. The predicted octanol–water partition coefficient (Wildman–Crippen LogP) is 1.33. The van der Waals surface area contributed by atoms with Gasteiger partial charge in [-0.3, -0.25) is 4.79 Å². The molecule has 2 N–H and O–H groups in total. The average Bonchev–Trinajstić information content (AvgIpc) is 2.68. The third-order valence-corrected chi connectivity index (χ3v) is 4.78. The highest BCUT2D eigenvalue weighted by Crippen LogP contribution is 2.46. The molecule has 2 aliphatic rings. The summed E-state index contributed by atoms with van der Waals surface area (Å²) in [5.41, 5.74) is 0.423. The molecule has 1 aliphatic heterocycles. The van der Waals surface area contributed by atoms with E-state index in [1.807, 2.05) is 18.2 Å². The maximum Gasteiger partial charge on any atom is 0.233 e. The molecule has 108 valence electrons. The zero-order valence-electron chi connectivity index (χ0n) is 11.1. The molecule has 1 saturated carbocycles. The van der Waals surface area contributed by atoms with E-state index < -0.39 is 17.6 Å². The molecule has 0 aromatic heterocycles. The zero-order chi connectivity index (χ0) is 14.3. The van der Waals surface area contributed by atoms with Gasteiger partial charge in [0.15, 0.2) is 0 Å². The minimum absolute atomic E-state index is 0.00150. The third kappa shape index (κ3) is 2.12. The van der Waals surface area contributed by atoms with Crippen LogP contribution in [0.2, 0.25) is 5.02 Å². The maximum absolute atomic E-state index is 12.8. The molecule has 0 spiro atoms. The number of nitrogens with zero attached hydrogens (tertiary/aromatic N) is 1. The second kappa shape index (κ2) is 5.02. The Morgan fingerprint density at radius 3 is 2.40 bits per heavy atom. The summed E-state index contributed by atoms with van der Waals surface area (Å²) < 4.78 is 0. The molecular formula is C15H18ClNO3. The van der Waals surface area contributed by atoms with Gasteiger partial charge >= 0.3 is 0 Å². The molecule has 1 amide bonds. The number of amides is 1. The van der Waals surface area contributed by atoms with Crippen LogP contribution in [0, 0.1) is 0 Å². The first-order valence-corrected chi connectivity index (χ1v) is 7.32. The molecule has 1 heterocycles. The minimum Gasteiger partial charge on any atom is -0.388 e. The summed E-state index contributed by atoms with van der Waals surface area (Å²) in [6, 6.07) is 7.44. The molecule has 0 radical (unpaired) electrons. The SMILES string of the molecule is O=C(N1CC(O)C(O)C1)C1(c2cccc(Cl)c2)CCC1. The summed E-state index contributed by atoms with van der Waals surface area (Å²) in [6.45, 7) is 0.421. The van der Waals surface area contributed by atoms with E-state index in [9.17, 15) is 15.0 Å². The summed E-state index contributed by atoms with van der Waals surface area (Å²) in [7, 11) is 0. The summed E-state index contributed by atoms with van der Waals surface area (Å²) in [5, 5.41) is 19.9. The number of β-amino-alcohol motifs (C(OH)–C–C–N with tert-alkyl or cyclic N) is 2. The third-order valence-electron chi connectivity index (χ3n) is 4.54. The Kier molecular flexibility index (Phi) is 3.48. The van der Waals surface area contributed by atoms with Crippen LogP contribution in [0.3, 0.4) is 0 Å². The Labute approximate surface area is 123 Å². The first-order chi connectivity index (χ1) is 9.53. The molecule has 0 bridgehead atoms. The van der Waals surface area contributed by atoms with Crippen LogP contribution in [0.25, 0.3) is 0 Å². The molecular weight excluding hydrogens is 278 g/mol. The smallest absolute Gasteiger partial charge is 0.233 e.